The number of nitrogens with one attached hydrogen (secondary N) is 2. The summed E-state index contributed by atoms with van der Waals surface area (Å²) in [5.74, 6) is 0. The molecule has 1 aromatic carbocycles. The van der Waals surface area contributed by atoms with Crippen LogP contribution in [0.3, 0.4) is 0 Å². The standard InChI is InChI=1S/C12H18N2S/c1-15-12-7-3-2-6-11(12)14-10-5-4-8-13-9-10/h2-3,6-7,10,13-14H,4-5,8-9H2,1H3. The van der Waals surface area contributed by atoms with Gasteiger partial charge in [0.05, 0.1) is 0 Å². The van der Waals surface area contributed by atoms with E-state index in [9.17, 15) is 0 Å². The minimum absolute atomic E-state index is 0.590. The lowest BCUT2D eigenvalue weighted by atomic mass is 10.1. The van der Waals surface area contributed by atoms with Crippen molar-refractivity contribution in [2.75, 3.05) is 24.7 Å². The van der Waals surface area contributed by atoms with Crippen LogP contribution in [-0.4, -0.2) is 25.4 Å². The lowest BCUT2D eigenvalue weighted by Crippen LogP contribution is -2.38. The monoisotopic (exact) mass is 222 g/mol. The van der Waals surface area contributed by atoms with Crippen LogP contribution in [-0.2, 0) is 0 Å². The minimum Gasteiger partial charge on any atom is -0.380 e. The van der Waals surface area contributed by atoms with E-state index in [0.717, 1.165) is 6.54 Å². The van der Waals surface area contributed by atoms with Crippen LogP contribution < -0.4 is 10.6 Å². The number of piperidine rings is 1. The first-order valence-corrected chi connectivity index (χ1v) is 6.73. The number of thioether (sulfide) groups is 1. The fourth-order valence-corrected chi connectivity index (χ4v) is 2.52. The van der Waals surface area contributed by atoms with Crippen molar-refractivity contribution in [3.8, 4) is 0 Å². The van der Waals surface area contributed by atoms with E-state index >= 15 is 0 Å². The molecule has 0 aliphatic carbocycles. The van der Waals surface area contributed by atoms with Gasteiger partial charge in [-0.25, -0.2) is 0 Å². The lowest BCUT2D eigenvalue weighted by Gasteiger charge is -2.25. The molecule has 0 radical (unpaired) electrons. The van der Waals surface area contributed by atoms with Gasteiger partial charge in [-0.2, -0.15) is 0 Å². The van der Waals surface area contributed by atoms with E-state index < -0.39 is 0 Å². The maximum atomic E-state index is 3.62. The molecule has 1 fully saturated rings. The number of rotatable bonds is 3. The SMILES string of the molecule is CSc1ccccc1NC1CCCNC1. The Kier molecular flexibility index (Phi) is 3.92. The third kappa shape index (κ3) is 2.89. The Morgan fingerprint density at radius 3 is 3.00 bits per heavy atom. The van der Waals surface area contributed by atoms with Gasteiger partial charge >= 0.3 is 0 Å². The minimum atomic E-state index is 0.590. The number of hydrogen-bond acceptors (Lipinski definition) is 3. The van der Waals surface area contributed by atoms with Gasteiger partial charge in [-0.05, 0) is 37.8 Å². The van der Waals surface area contributed by atoms with Crippen molar-refractivity contribution in [2.45, 2.75) is 23.8 Å². The summed E-state index contributed by atoms with van der Waals surface area (Å²) in [4.78, 5) is 1.34. The molecule has 1 heterocycles. The van der Waals surface area contributed by atoms with E-state index in [-0.39, 0.29) is 0 Å². The predicted octanol–water partition coefficient (Wildman–Crippen LogP) is 2.57. The molecular formula is C12H18N2S. The highest BCUT2D eigenvalue weighted by atomic mass is 32.2. The molecule has 1 aromatic rings. The molecule has 0 saturated carbocycles. The predicted molar refractivity (Wildman–Crippen MR) is 67.7 cm³/mol. The van der Waals surface area contributed by atoms with E-state index in [0.29, 0.717) is 6.04 Å². The van der Waals surface area contributed by atoms with Gasteiger partial charge in [-0.15, -0.1) is 11.8 Å². The Balaban J connectivity index is 2.02. The van der Waals surface area contributed by atoms with Crippen molar-refractivity contribution in [2.24, 2.45) is 0 Å². The summed E-state index contributed by atoms with van der Waals surface area (Å²) in [6.07, 6.45) is 4.68. The van der Waals surface area contributed by atoms with Gasteiger partial charge in [0.25, 0.3) is 0 Å². The molecule has 1 unspecified atom stereocenters. The highest BCUT2D eigenvalue weighted by Gasteiger charge is 2.13. The molecule has 0 bridgehead atoms. The fourth-order valence-electron chi connectivity index (χ4n) is 1.96. The number of para-hydroxylation sites is 1. The maximum absolute atomic E-state index is 3.62. The molecule has 2 nitrogen and oxygen atoms in total. The molecule has 3 heteroatoms. The molecule has 82 valence electrons. The van der Waals surface area contributed by atoms with E-state index in [2.05, 4.69) is 41.2 Å². The van der Waals surface area contributed by atoms with E-state index in [4.69, 9.17) is 0 Å². The van der Waals surface area contributed by atoms with Gasteiger partial charge in [0.1, 0.15) is 0 Å². The van der Waals surface area contributed by atoms with E-state index in [1.807, 2.05) is 0 Å². The molecule has 1 aliphatic heterocycles. The molecule has 2 N–H and O–H groups in total. The number of hydrogen-bond donors (Lipinski definition) is 2. The highest BCUT2D eigenvalue weighted by Crippen LogP contribution is 2.25. The zero-order valence-corrected chi connectivity index (χ0v) is 9.94. The second-order valence-corrected chi connectivity index (χ2v) is 4.74. The van der Waals surface area contributed by atoms with E-state index in [1.54, 1.807) is 11.8 Å². The summed E-state index contributed by atoms with van der Waals surface area (Å²) >= 11 is 1.80. The molecule has 2 rings (SSSR count). The van der Waals surface area contributed by atoms with Gasteiger partial charge in [-0.1, -0.05) is 12.1 Å². The van der Waals surface area contributed by atoms with Crippen LogP contribution in [0.4, 0.5) is 5.69 Å². The van der Waals surface area contributed by atoms with Gasteiger partial charge in [0, 0.05) is 23.2 Å². The third-order valence-electron chi connectivity index (χ3n) is 2.76. The van der Waals surface area contributed by atoms with Crippen LogP contribution in [0.25, 0.3) is 0 Å². The molecule has 1 atom stereocenters. The molecule has 1 saturated heterocycles. The zero-order valence-electron chi connectivity index (χ0n) is 9.12. The quantitative estimate of drug-likeness (QED) is 0.769. The third-order valence-corrected chi connectivity index (χ3v) is 3.56. The van der Waals surface area contributed by atoms with Crippen molar-refractivity contribution in [1.82, 2.24) is 5.32 Å². The Bertz CT molecular complexity index is 308. The van der Waals surface area contributed by atoms with E-state index in [1.165, 1.54) is 30.0 Å². The van der Waals surface area contributed by atoms with Crippen molar-refractivity contribution in [3.63, 3.8) is 0 Å². The molecule has 0 spiro atoms. The summed E-state index contributed by atoms with van der Waals surface area (Å²) in [6, 6.07) is 9.12. The van der Waals surface area contributed by atoms with Crippen molar-refractivity contribution < 1.29 is 0 Å². The van der Waals surface area contributed by atoms with Crippen LogP contribution in [0.1, 0.15) is 12.8 Å². The van der Waals surface area contributed by atoms with Crippen LogP contribution in [0, 0.1) is 0 Å². The Labute approximate surface area is 95.8 Å². The molecule has 1 aliphatic rings. The van der Waals surface area contributed by atoms with Gasteiger partial charge in [0.15, 0.2) is 0 Å². The summed E-state index contributed by atoms with van der Waals surface area (Å²) in [5, 5.41) is 7.04. The summed E-state index contributed by atoms with van der Waals surface area (Å²) in [6.45, 7) is 2.26. The first-order chi connectivity index (χ1) is 7.40. The Morgan fingerprint density at radius 2 is 2.27 bits per heavy atom. The Hall–Kier alpha value is -0.670. The van der Waals surface area contributed by atoms with Gasteiger partial charge < -0.3 is 10.6 Å². The van der Waals surface area contributed by atoms with Crippen LogP contribution in [0.5, 0.6) is 0 Å². The first-order valence-electron chi connectivity index (χ1n) is 5.50. The summed E-state index contributed by atoms with van der Waals surface area (Å²) in [5.41, 5.74) is 1.28. The highest BCUT2D eigenvalue weighted by molar-refractivity contribution is 7.98. The average molecular weight is 222 g/mol. The fraction of sp³-hybridized carbons (Fsp3) is 0.500. The average Bonchev–Trinajstić information content (AvgIpc) is 2.31. The zero-order chi connectivity index (χ0) is 10.5. The van der Waals surface area contributed by atoms with Gasteiger partial charge in [-0.3, -0.25) is 0 Å². The van der Waals surface area contributed by atoms with Crippen molar-refractivity contribution in [3.05, 3.63) is 24.3 Å². The summed E-state index contributed by atoms with van der Waals surface area (Å²) < 4.78 is 0. The second kappa shape index (κ2) is 5.42. The number of benzene rings is 1. The van der Waals surface area contributed by atoms with Crippen LogP contribution >= 0.6 is 11.8 Å². The first kappa shape index (κ1) is 10.8. The van der Waals surface area contributed by atoms with Crippen LogP contribution in [0.15, 0.2) is 29.2 Å². The molecular weight excluding hydrogens is 204 g/mol. The normalized spacial score (nSPS) is 21.3. The maximum Gasteiger partial charge on any atom is 0.0480 e. The smallest absolute Gasteiger partial charge is 0.0480 e. The van der Waals surface area contributed by atoms with Crippen molar-refractivity contribution >= 4 is 17.4 Å². The van der Waals surface area contributed by atoms with Gasteiger partial charge in [0.2, 0.25) is 0 Å². The largest absolute Gasteiger partial charge is 0.380 e. The second-order valence-electron chi connectivity index (χ2n) is 3.89. The summed E-state index contributed by atoms with van der Waals surface area (Å²) in [7, 11) is 0. The molecule has 0 aromatic heterocycles. The van der Waals surface area contributed by atoms with Crippen LogP contribution in [0.2, 0.25) is 0 Å². The van der Waals surface area contributed by atoms with Crippen molar-refractivity contribution in [1.29, 1.82) is 0 Å². The Morgan fingerprint density at radius 1 is 1.40 bits per heavy atom. The number of anilines is 1. The lowest BCUT2D eigenvalue weighted by molar-refractivity contribution is 0.479. The molecule has 0 amide bonds. The molecule has 15 heavy (non-hydrogen) atoms. The topological polar surface area (TPSA) is 24.1 Å².